The van der Waals surface area contributed by atoms with E-state index >= 15 is 0 Å². The van der Waals surface area contributed by atoms with E-state index in [-0.39, 0.29) is 5.60 Å². The molecule has 1 fully saturated rings. The summed E-state index contributed by atoms with van der Waals surface area (Å²) in [6.07, 6.45) is 1.82. The molecule has 1 aliphatic rings. The third-order valence-corrected chi connectivity index (χ3v) is 2.35. The van der Waals surface area contributed by atoms with E-state index in [1.54, 1.807) is 0 Å². The summed E-state index contributed by atoms with van der Waals surface area (Å²) in [5.74, 6) is 0. The molecule has 2 nitrogen and oxygen atoms in total. The van der Waals surface area contributed by atoms with E-state index in [1.807, 2.05) is 36.4 Å². The molecule has 0 aromatic heterocycles. The molecule has 0 N–H and O–H groups in total. The Morgan fingerprint density at radius 2 is 2.14 bits per heavy atom. The molecule has 1 atom stereocenters. The van der Waals surface area contributed by atoms with Gasteiger partial charge in [-0.05, 0) is 5.56 Å². The first-order chi connectivity index (χ1) is 6.85. The number of ether oxygens (including phenoxy) is 2. The summed E-state index contributed by atoms with van der Waals surface area (Å²) in [4.78, 5) is 0. The highest BCUT2D eigenvalue weighted by Gasteiger charge is 2.41. The maximum atomic E-state index is 5.54. The number of hydrogen-bond acceptors (Lipinski definition) is 2. The lowest BCUT2D eigenvalue weighted by molar-refractivity contribution is 0.0836. The highest BCUT2D eigenvalue weighted by atomic mass is 16.6. The van der Waals surface area contributed by atoms with Crippen LogP contribution in [0.3, 0.4) is 0 Å². The van der Waals surface area contributed by atoms with E-state index < -0.39 is 0 Å². The fourth-order valence-corrected chi connectivity index (χ4v) is 1.27. The first-order valence-corrected chi connectivity index (χ1v) is 4.74. The van der Waals surface area contributed by atoms with Crippen molar-refractivity contribution in [3.63, 3.8) is 0 Å². The lowest BCUT2D eigenvalue weighted by Gasteiger charge is -2.07. The van der Waals surface area contributed by atoms with Crippen molar-refractivity contribution in [2.45, 2.75) is 12.2 Å². The first kappa shape index (κ1) is 9.44. The molecule has 1 unspecified atom stereocenters. The Kier molecular flexibility index (Phi) is 2.66. The maximum absolute atomic E-state index is 5.54. The zero-order valence-electron chi connectivity index (χ0n) is 8.11. The minimum absolute atomic E-state index is 0.186. The summed E-state index contributed by atoms with van der Waals surface area (Å²) in [5.41, 5.74) is 1.00. The smallest absolute Gasteiger partial charge is 0.133 e. The lowest BCUT2D eigenvalue weighted by Crippen LogP contribution is -2.15. The number of epoxide rings is 1. The minimum atomic E-state index is -0.186. The monoisotopic (exact) mass is 190 g/mol. The van der Waals surface area contributed by atoms with Gasteiger partial charge in [0.25, 0.3) is 0 Å². The molecule has 0 spiro atoms. The third-order valence-electron chi connectivity index (χ3n) is 2.35. The van der Waals surface area contributed by atoms with Crippen LogP contribution in [0.5, 0.6) is 0 Å². The number of benzene rings is 1. The molecule has 1 aromatic carbocycles. The van der Waals surface area contributed by atoms with Crippen LogP contribution in [0, 0.1) is 0 Å². The Morgan fingerprint density at radius 1 is 1.43 bits per heavy atom. The van der Waals surface area contributed by atoms with E-state index in [4.69, 9.17) is 9.47 Å². The van der Waals surface area contributed by atoms with Gasteiger partial charge in [0, 0.05) is 0 Å². The largest absolute Gasteiger partial charge is 0.373 e. The zero-order chi connectivity index (χ0) is 9.86. The minimum Gasteiger partial charge on any atom is -0.373 e. The van der Waals surface area contributed by atoms with Gasteiger partial charge in [0.05, 0.1) is 19.8 Å². The molecule has 0 bridgehead atoms. The molecule has 1 aromatic rings. The van der Waals surface area contributed by atoms with Crippen LogP contribution in [-0.4, -0.2) is 18.8 Å². The van der Waals surface area contributed by atoms with Crippen molar-refractivity contribution >= 4 is 0 Å². The first-order valence-electron chi connectivity index (χ1n) is 4.74. The molecule has 1 aliphatic heterocycles. The Hall–Kier alpha value is -1.12. The highest BCUT2D eigenvalue weighted by Crippen LogP contribution is 2.28. The normalized spacial score (nSPS) is 24.6. The Bertz CT molecular complexity index is 301. The predicted octanol–water partition coefficient (Wildman–Crippen LogP) is 2.16. The second-order valence-corrected chi connectivity index (χ2v) is 3.54. The van der Waals surface area contributed by atoms with Crippen molar-refractivity contribution in [3.8, 4) is 0 Å². The number of rotatable bonds is 5. The van der Waals surface area contributed by atoms with Crippen molar-refractivity contribution in [1.82, 2.24) is 0 Å². The topological polar surface area (TPSA) is 21.8 Å². The van der Waals surface area contributed by atoms with Crippen molar-refractivity contribution in [2.24, 2.45) is 0 Å². The van der Waals surface area contributed by atoms with Gasteiger partial charge in [-0.3, -0.25) is 0 Å². The molecule has 2 rings (SSSR count). The molecule has 0 aliphatic carbocycles. The molecule has 0 saturated carbocycles. The fourth-order valence-electron chi connectivity index (χ4n) is 1.27. The van der Waals surface area contributed by atoms with Crippen LogP contribution in [0.2, 0.25) is 0 Å². The molecular formula is C12H14O2. The molecular weight excluding hydrogens is 176 g/mol. The summed E-state index contributed by atoms with van der Waals surface area (Å²) in [6.45, 7) is 5.70. The van der Waals surface area contributed by atoms with Gasteiger partial charge in [0.15, 0.2) is 0 Å². The molecule has 0 amide bonds. The average molecular weight is 190 g/mol. The van der Waals surface area contributed by atoms with Crippen LogP contribution in [0.25, 0.3) is 0 Å². The molecule has 74 valence electrons. The maximum Gasteiger partial charge on any atom is 0.133 e. The summed E-state index contributed by atoms with van der Waals surface area (Å²) in [5, 5.41) is 0. The van der Waals surface area contributed by atoms with Gasteiger partial charge in [-0.15, -0.1) is 6.58 Å². The van der Waals surface area contributed by atoms with Crippen LogP contribution >= 0.6 is 0 Å². The Balaban J connectivity index is 1.76. The van der Waals surface area contributed by atoms with Crippen molar-refractivity contribution in [1.29, 1.82) is 0 Å². The fraction of sp³-hybridized carbons (Fsp3) is 0.333. The van der Waals surface area contributed by atoms with E-state index in [0.717, 1.165) is 6.61 Å². The van der Waals surface area contributed by atoms with Crippen LogP contribution in [0.1, 0.15) is 5.56 Å². The quantitative estimate of drug-likeness (QED) is 0.524. The van der Waals surface area contributed by atoms with Crippen LogP contribution in [-0.2, 0) is 16.1 Å². The second kappa shape index (κ2) is 3.95. The Labute approximate surface area is 84.2 Å². The Morgan fingerprint density at radius 3 is 2.71 bits per heavy atom. The molecule has 14 heavy (non-hydrogen) atoms. The van der Waals surface area contributed by atoms with Crippen molar-refractivity contribution in [2.75, 3.05) is 13.2 Å². The van der Waals surface area contributed by atoms with E-state index in [9.17, 15) is 0 Å². The second-order valence-electron chi connectivity index (χ2n) is 3.54. The highest BCUT2D eigenvalue weighted by molar-refractivity contribution is 5.13. The van der Waals surface area contributed by atoms with Crippen LogP contribution < -0.4 is 0 Å². The molecule has 2 heteroatoms. The SMILES string of the molecule is C=CC1(COCc2ccccc2)CO1. The van der Waals surface area contributed by atoms with E-state index in [1.165, 1.54) is 5.56 Å². The van der Waals surface area contributed by atoms with Gasteiger partial charge in [0.1, 0.15) is 5.60 Å². The van der Waals surface area contributed by atoms with Crippen LogP contribution in [0.15, 0.2) is 43.0 Å². The lowest BCUT2D eigenvalue weighted by atomic mass is 10.2. The zero-order valence-corrected chi connectivity index (χ0v) is 8.11. The van der Waals surface area contributed by atoms with Gasteiger partial charge in [-0.1, -0.05) is 36.4 Å². The van der Waals surface area contributed by atoms with Gasteiger partial charge in [-0.2, -0.15) is 0 Å². The standard InChI is InChI=1S/C12H14O2/c1-2-12(10-14-12)9-13-8-11-6-4-3-5-7-11/h2-7H,1,8-10H2. The molecule has 1 heterocycles. The predicted molar refractivity (Wildman–Crippen MR) is 55.0 cm³/mol. The summed E-state index contributed by atoms with van der Waals surface area (Å²) < 4.78 is 10.8. The van der Waals surface area contributed by atoms with Gasteiger partial charge >= 0.3 is 0 Å². The summed E-state index contributed by atoms with van der Waals surface area (Å²) in [7, 11) is 0. The molecule has 1 saturated heterocycles. The van der Waals surface area contributed by atoms with Crippen molar-refractivity contribution < 1.29 is 9.47 Å². The van der Waals surface area contributed by atoms with Crippen LogP contribution in [0.4, 0.5) is 0 Å². The average Bonchev–Trinajstić information content (AvgIpc) is 3.00. The molecule has 0 radical (unpaired) electrons. The van der Waals surface area contributed by atoms with Crippen molar-refractivity contribution in [3.05, 3.63) is 48.6 Å². The summed E-state index contributed by atoms with van der Waals surface area (Å²) in [6, 6.07) is 10.1. The van der Waals surface area contributed by atoms with Gasteiger partial charge in [0.2, 0.25) is 0 Å². The summed E-state index contributed by atoms with van der Waals surface area (Å²) >= 11 is 0. The third kappa shape index (κ3) is 2.22. The van der Waals surface area contributed by atoms with Gasteiger partial charge in [-0.25, -0.2) is 0 Å². The number of hydrogen-bond donors (Lipinski definition) is 0. The van der Waals surface area contributed by atoms with E-state index in [2.05, 4.69) is 6.58 Å². The van der Waals surface area contributed by atoms with E-state index in [0.29, 0.717) is 13.2 Å². The van der Waals surface area contributed by atoms with Gasteiger partial charge < -0.3 is 9.47 Å².